The van der Waals surface area contributed by atoms with Gasteiger partial charge < -0.3 is 10.6 Å². The number of anilines is 1. The summed E-state index contributed by atoms with van der Waals surface area (Å²) < 4.78 is 0. The number of nitrogens with zero attached hydrogens (tertiary/aromatic N) is 3. The van der Waals surface area contributed by atoms with E-state index in [9.17, 15) is 4.79 Å². The van der Waals surface area contributed by atoms with Gasteiger partial charge in [-0.1, -0.05) is 0 Å². The van der Waals surface area contributed by atoms with Crippen LogP contribution in [-0.2, 0) is 4.79 Å². The van der Waals surface area contributed by atoms with Crippen molar-refractivity contribution in [2.24, 2.45) is 11.7 Å². The molecule has 0 aromatic carbocycles. The Balaban J connectivity index is 1.89. The fourth-order valence-corrected chi connectivity index (χ4v) is 3.40. The van der Waals surface area contributed by atoms with E-state index in [0.717, 1.165) is 42.0 Å². The Bertz CT molecular complexity index is 621. The summed E-state index contributed by atoms with van der Waals surface area (Å²) in [5.41, 5.74) is 5.35. The molecular formula is C12H13ClN4OS. The molecule has 1 amide bonds. The molecule has 7 heteroatoms. The second kappa shape index (κ2) is 4.94. The van der Waals surface area contributed by atoms with Crippen molar-refractivity contribution in [3.63, 3.8) is 0 Å². The number of piperidine rings is 1. The van der Waals surface area contributed by atoms with Crippen LogP contribution in [-0.4, -0.2) is 29.0 Å². The van der Waals surface area contributed by atoms with Crippen molar-refractivity contribution < 1.29 is 4.79 Å². The quantitative estimate of drug-likeness (QED) is 0.861. The molecule has 5 nitrogen and oxygen atoms in total. The molecule has 100 valence electrons. The third kappa shape index (κ3) is 2.37. The van der Waals surface area contributed by atoms with Gasteiger partial charge in [-0.15, -0.1) is 11.3 Å². The first-order chi connectivity index (χ1) is 9.15. The number of carbonyl (C=O) groups excluding carboxylic acids is 1. The van der Waals surface area contributed by atoms with E-state index < -0.39 is 0 Å². The van der Waals surface area contributed by atoms with E-state index in [-0.39, 0.29) is 17.1 Å². The van der Waals surface area contributed by atoms with Crippen molar-refractivity contribution in [3.8, 4) is 0 Å². The normalized spacial score (nSPS) is 17.0. The molecule has 2 N–H and O–H groups in total. The summed E-state index contributed by atoms with van der Waals surface area (Å²) in [7, 11) is 0. The zero-order chi connectivity index (χ0) is 13.4. The molecule has 1 saturated heterocycles. The molecule has 0 atom stereocenters. The van der Waals surface area contributed by atoms with Gasteiger partial charge in [0.15, 0.2) is 0 Å². The predicted molar refractivity (Wildman–Crippen MR) is 76.6 cm³/mol. The van der Waals surface area contributed by atoms with Gasteiger partial charge in [-0.2, -0.15) is 4.98 Å². The summed E-state index contributed by atoms with van der Waals surface area (Å²) in [4.78, 5) is 22.8. The van der Waals surface area contributed by atoms with Crippen molar-refractivity contribution in [1.82, 2.24) is 9.97 Å². The highest BCUT2D eigenvalue weighted by Crippen LogP contribution is 2.31. The van der Waals surface area contributed by atoms with Crippen LogP contribution in [0.2, 0.25) is 5.28 Å². The maximum absolute atomic E-state index is 11.2. The number of thiophene rings is 1. The maximum atomic E-state index is 11.2. The Morgan fingerprint density at radius 1 is 1.42 bits per heavy atom. The van der Waals surface area contributed by atoms with E-state index in [1.54, 1.807) is 11.3 Å². The van der Waals surface area contributed by atoms with Crippen LogP contribution >= 0.6 is 22.9 Å². The van der Waals surface area contributed by atoms with Crippen molar-refractivity contribution >= 4 is 44.9 Å². The lowest BCUT2D eigenvalue weighted by molar-refractivity contribution is -0.122. The van der Waals surface area contributed by atoms with Crippen LogP contribution in [0.3, 0.4) is 0 Å². The van der Waals surface area contributed by atoms with Crippen LogP contribution in [0.15, 0.2) is 11.4 Å². The van der Waals surface area contributed by atoms with Gasteiger partial charge in [0.1, 0.15) is 10.6 Å². The fourth-order valence-electron chi connectivity index (χ4n) is 2.43. The number of fused-ring (bicyclic) bond motifs is 1. The molecule has 2 aromatic heterocycles. The highest BCUT2D eigenvalue weighted by atomic mass is 35.5. The summed E-state index contributed by atoms with van der Waals surface area (Å²) in [5.74, 6) is 0.631. The van der Waals surface area contributed by atoms with E-state index in [1.807, 2.05) is 11.4 Å². The topological polar surface area (TPSA) is 72.1 Å². The standard InChI is InChI=1S/C12H13ClN4OS/c13-12-15-10(8-3-6-19-11(8)16-12)17-4-1-7(2-5-17)9(14)18/h3,6-7H,1-2,4-5H2,(H2,14,18). The Morgan fingerprint density at radius 3 is 2.84 bits per heavy atom. The van der Waals surface area contributed by atoms with E-state index in [2.05, 4.69) is 14.9 Å². The lowest BCUT2D eigenvalue weighted by Crippen LogP contribution is -2.39. The van der Waals surface area contributed by atoms with E-state index >= 15 is 0 Å². The minimum absolute atomic E-state index is 0.0217. The molecule has 0 bridgehead atoms. The monoisotopic (exact) mass is 296 g/mol. The van der Waals surface area contributed by atoms with Crippen molar-refractivity contribution in [2.45, 2.75) is 12.8 Å². The van der Waals surface area contributed by atoms with Crippen LogP contribution in [0.5, 0.6) is 0 Å². The first-order valence-corrected chi connectivity index (χ1v) is 7.36. The maximum Gasteiger partial charge on any atom is 0.225 e. The molecule has 19 heavy (non-hydrogen) atoms. The summed E-state index contributed by atoms with van der Waals surface area (Å²) in [5, 5.41) is 3.27. The lowest BCUT2D eigenvalue weighted by Gasteiger charge is -2.31. The molecule has 1 fully saturated rings. The predicted octanol–water partition coefficient (Wildman–Crippen LogP) is 2.05. The molecule has 0 unspecified atom stereocenters. The fraction of sp³-hybridized carbons (Fsp3) is 0.417. The van der Waals surface area contributed by atoms with Crippen molar-refractivity contribution in [1.29, 1.82) is 0 Å². The molecule has 0 radical (unpaired) electrons. The molecule has 3 heterocycles. The van der Waals surface area contributed by atoms with Crippen molar-refractivity contribution in [3.05, 3.63) is 16.7 Å². The van der Waals surface area contributed by atoms with Gasteiger partial charge in [0.2, 0.25) is 11.2 Å². The van der Waals surface area contributed by atoms with Crippen LogP contribution in [0.1, 0.15) is 12.8 Å². The largest absolute Gasteiger partial charge is 0.369 e. The van der Waals surface area contributed by atoms with E-state index in [1.165, 1.54) is 0 Å². The van der Waals surface area contributed by atoms with Gasteiger partial charge >= 0.3 is 0 Å². The number of hydrogen-bond donors (Lipinski definition) is 1. The summed E-state index contributed by atoms with van der Waals surface area (Å²) in [6.45, 7) is 1.54. The van der Waals surface area contributed by atoms with Crippen molar-refractivity contribution in [2.75, 3.05) is 18.0 Å². The zero-order valence-electron chi connectivity index (χ0n) is 10.2. The second-order valence-electron chi connectivity index (χ2n) is 4.62. The Hall–Kier alpha value is -1.40. The van der Waals surface area contributed by atoms with Crippen LogP contribution in [0.25, 0.3) is 10.2 Å². The van der Waals surface area contributed by atoms with E-state index in [0.29, 0.717) is 0 Å². The summed E-state index contributed by atoms with van der Waals surface area (Å²) >= 11 is 7.51. The zero-order valence-corrected chi connectivity index (χ0v) is 11.7. The van der Waals surface area contributed by atoms with E-state index in [4.69, 9.17) is 17.3 Å². The number of rotatable bonds is 2. The Morgan fingerprint density at radius 2 is 2.16 bits per heavy atom. The minimum Gasteiger partial charge on any atom is -0.369 e. The molecule has 0 aliphatic carbocycles. The third-order valence-electron chi connectivity index (χ3n) is 3.47. The smallest absolute Gasteiger partial charge is 0.225 e. The first-order valence-electron chi connectivity index (χ1n) is 6.10. The van der Waals surface area contributed by atoms with Gasteiger partial charge in [0.25, 0.3) is 0 Å². The van der Waals surface area contributed by atoms with Crippen LogP contribution in [0.4, 0.5) is 5.82 Å². The summed E-state index contributed by atoms with van der Waals surface area (Å²) in [6.07, 6.45) is 1.53. The Kier molecular flexibility index (Phi) is 3.28. The molecule has 3 rings (SSSR count). The number of aromatic nitrogens is 2. The molecule has 1 aliphatic heterocycles. The number of amides is 1. The van der Waals surface area contributed by atoms with Crippen LogP contribution < -0.4 is 10.6 Å². The number of primary amides is 1. The molecule has 0 saturated carbocycles. The first kappa shape index (κ1) is 12.6. The van der Waals surface area contributed by atoms with Gasteiger partial charge in [0, 0.05) is 19.0 Å². The van der Waals surface area contributed by atoms with Gasteiger partial charge in [0.05, 0.1) is 5.39 Å². The van der Waals surface area contributed by atoms with Gasteiger partial charge in [-0.3, -0.25) is 4.79 Å². The average Bonchev–Trinajstić information content (AvgIpc) is 2.85. The van der Waals surface area contributed by atoms with Crippen LogP contribution in [0, 0.1) is 5.92 Å². The number of nitrogens with two attached hydrogens (primary N) is 1. The number of halogens is 1. The lowest BCUT2D eigenvalue weighted by atomic mass is 9.96. The third-order valence-corrected chi connectivity index (χ3v) is 4.45. The number of hydrogen-bond acceptors (Lipinski definition) is 5. The second-order valence-corrected chi connectivity index (χ2v) is 5.85. The number of carbonyl (C=O) groups is 1. The van der Waals surface area contributed by atoms with Gasteiger partial charge in [-0.05, 0) is 35.9 Å². The highest BCUT2D eigenvalue weighted by Gasteiger charge is 2.25. The molecule has 2 aromatic rings. The van der Waals surface area contributed by atoms with Gasteiger partial charge in [-0.25, -0.2) is 4.98 Å². The molecular weight excluding hydrogens is 284 g/mol. The minimum atomic E-state index is -0.207. The molecule has 0 spiro atoms. The molecule has 1 aliphatic rings. The summed E-state index contributed by atoms with van der Waals surface area (Å²) in [6, 6.07) is 2.01. The Labute approximate surface area is 119 Å². The SMILES string of the molecule is NC(=O)C1CCN(c2nc(Cl)nc3sccc23)CC1. The average molecular weight is 297 g/mol. The highest BCUT2D eigenvalue weighted by molar-refractivity contribution is 7.16.